The molecule has 1 fully saturated rings. The molecule has 8 heteroatoms. The molecule has 1 saturated heterocycles. The average molecular weight is 390 g/mol. The first-order valence-corrected chi connectivity index (χ1v) is 8.80. The largest absolute Gasteiger partial charge is 0.330 e. The Balaban J connectivity index is 0.00000180. The highest BCUT2D eigenvalue weighted by Crippen LogP contribution is 2.37. The second-order valence-corrected chi connectivity index (χ2v) is 9.34. The minimum atomic E-state index is -3.38. The van der Waals surface area contributed by atoms with Crippen molar-refractivity contribution in [1.29, 1.82) is 0 Å². The van der Waals surface area contributed by atoms with Gasteiger partial charge in [-0.05, 0) is 47.3 Å². The smallest absolute Gasteiger partial charge is 0.253 e. The van der Waals surface area contributed by atoms with Gasteiger partial charge in [-0.1, -0.05) is 6.92 Å². The summed E-state index contributed by atoms with van der Waals surface area (Å²) in [6.45, 7) is 5.53. The maximum Gasteiger partial charge on any atom is 0.253 e. The third-order valence-electron chi connectivity index (χ3n) is 3.37. The summed E-state index contributed by atoms with van der Waals surface area (Å²) >= 11 is 4.63. The van der Waals surface area contributed by atoms with E-state index in [0.717, 1.165) is 11.3 Å². The van der Waals surface area contributed by atoms with E-state index in [1.54, 1.807) is 4.31 Å². The van der Waals surface area contributed by atoms with E-state index in [0.29, 0.717) is 28.3 Å². The van der Waals surface area contributed by atoms with Gasteiger partial charge < -0.3 is 5.73 Å². The molecule has 1 atom stereocenters. The Morgan fingerprint density at radius 1 is 1.58 bits per heavy atom. The Hall–Kier alpha value is 0.340. The van der Waals surface area contributed by atoms with Crippen LogP contribution in [0, 0.1) is 12.3 Å². The molecule has 1 aromatic rings. The highest BCUT2D eigenvalue weighted by atomic mass is 79.9. The molecule has 0 aromatic carbocycles. The van der Waals surface area contributed by atoms with E-state index >= 15 is 0 Å². The number of hydrogen-bond acceptors (Lipinski definition) is 4. The van der Waals surface area contributed by atoms with Crippen LogP contribution in [0.4, 0.5) is 0 Å². The molecule has 2 rings (SSSR count). The van der Waals surface area contributed by atoms with Crippen molar-refractivity contribution in [2.24, 2.45) is 11.1 Å². The average Bonchev–Trinajstić information content (AvgIpc) is 2.84. The number of rotatable bonds is 3. The van der Waals surface area contributed by atoms with E-state index in [1.807, 2.05) is 19.9 Å². The van der Waals surface area contributed by atoms with Gasteiger partial charge in [-0.25, -0.2) is 8.42 Å². The van der Waals surface area contributed by atoms with Crippen LogP contribution in [0.5, 0.6) is 0 Å². The van der Waals surface area contributed by atoms with Gasteiger partial charge in [0, 0.05) is 22.4 Å². The molecule has 2 N–H and O–H groups in total. The molecule has 0 bridgehead atoms. The maximum absolute atomic E-state index is 12.5. The maximum atomic E-state index is 12.5. The van der Waals surface area contributed by atoms with Crippen molar-refractivity contribution in [3.63, 3.8) is 0 Å². The van der Waals surface area contributed by atoms with Gasteiger partial charge in [0.15, 0.2) is 0 Å². The van der Waals surface area contributed by atoms with Crippen LogP contribution in [-0.2, 0) is 10.0 Å². The predicted molar refractivity (Wildman–Crippen MR) is 84.5 cm³/mol. The normalized spacial score (nSPS) is 24.4. The first kappa shape index (κ1) is 17.4. The highest BCUT2D eigenvalue weighted by Gasteiger charge is 2.40. The van der Waals surface area contributed by atoms with E-state index in [2.05, 4.69) is 15.9 Å². The molecule has 0 radical (unpaired) electrons. The van der Waals surface area contributed by atoms with Crippen LogP contribution < -0.4 is 5.73 Å². The lowest BCUT2D eigenvalue weighted by Crippen LogP contribution is -2.34. The van der Waals surface area contributed by atoms with E-state index in [9.17, 15) is 8.42 Å². The van der Waals surface area contributed by atoms with Gasteiger partial charge in [-0.3, -0.25) is 0 Å². The molecule has 19 heavy (non-hydrogen) atoms. The topological polar surface area (TPSA) is 63.4 Å². The van der Waals surface area contributed by atoms with Crippen LogP contribution in [0.2, 0.25) is 0 Å². The van der Waals surface area contributed by atoms with Gasteiger partial charge in [0.1, 0.15) is 4.21 Å². The first-order valence-electron chi connectivity index (χ1n) is 5.75. The SMILES string of the molecule is Cc1cc(Br)c(S(=O)(=O)N2CCC(C)(CN)C2)s1.Cl. The monoisotopic (exact) mass is 388 g/mol. The van der Waals surface area contributed by atoms with Crippen molar-refractivity contribution in [2.45, 2.75) is 24.5 Å². The number of nitrogens with zero attached hydrogens (tertiary/aromatic N) is 1. The van der Waals surface area contributed by atoms with E-state index in [1.165, 1.54) is 11.3 Å². The van der Waals surface area contributed by atoms with Crippen LogP contribution in [0.3, 0.4) is 0 Å². The molecule has 2 heterocycles. The highest BCUT2D eigenvalue weighted by molar-refractivity contribution is 9.10. The zero-order valence-corrected chi connectivity index (χ0v) is 14.9. The molecular weight excluding hydrogens is 372 g/mol. The summed E-state index contributed by atoms with van der Waals surface area (Å²) < 4.78 is 27.7. The van der Waals surface area contributed by atoms with Gasteiger partial charge in [0.05, 0.1) is 0 Å². The summed E-state index contributed by atoms with van der Waals surface area (Å²) in [4.78, 5) is 0.987. The number of sulfonamides is 1. The molecule has 1 aromatic heterocycles. The van der Waals surface area contributed by atoms with E-state index < -0.39 is 10.0 Å². The third kappa shape index (κ3) is 3.33. The lowest BCUT2D eigenvalue weighted by molar-refractivity contribution is 0.350. The Morgan fingerprint density at radius 3 is 2.63 bits per heavy atom. The lowest BCUT2D eigenvalue weighted by Gasteiger charge is -2.22. The molecule has 1 aliphatic heterocycles. The second-order valence-electron chi connectivity index (χ2n) is 5.10. The molecule has 110 valence electrons. The second kappa shape index (κ2) is 5.99. The summed E-state index contributed by atoms with van der Waals surface area (Å²) in [5.74, 6) is 0. The van der Waals surface area contributed by atoms with Crippen LogP contribution >= 0.6 is 39.7 Å². The van der Waals surface area contributed by atoms with Crippen molar-refractivity contribution >= 4 is 49.7 Å². The lowest BCUT2D eigenvalue weighted by atomic mass is 9.90. The minimum absolute atomic E-state index is 0. The van der Waals surface area contributed by atoms with Crippen LogP contribution in [0.1, 0.15) is 18.2 Å². The fourth-order valence-electron chi connectivity index (χ4n) is 2.11. The molecule has 4 nitrogen and oxygen atoms in total. The quantitative estimate of drug-likeness (QED) is 0.864. The molecule has 0 amide bonds. The predicted octanol–water partition coefficient (Wildman–Crippen LogP) is 2.60. The summed E-state index contributed by atoms with van der Waals surface area (Å²) in [6, 6.07) is 1.84. The molecule has 0 spiro atoms. The fourth-order valence-corrected chi connectivity index (χ4v) is 6.57. The van der Waals surface area contributed by atoms with Crippen molar-refractivity contribution < 1.29 is 8.42 Å². The van der Waals surface area contributed by atoms with Crippen LogP contribution in [-0.4, -0.2) is 32.4 Å². The first-order chi connectivity index (χ1) is 8.28. The summed E-state index contributed by atoms with van der Waals surface area (Å²) in [6.07, 6.45) is 0.824. The number of thiophene rings is 1. The molecule has 0 saturated carbocycles. The summed E-state index contributed by atoms with van der Waals surface area (Å²) in [7, 11) is -3.38. The number of hydrogen-bond donors (Lipinski definition) is 1. The van der Waals surface area contributed by atoms with Crippen LogP contribution in [0.15, 0.2) is 14.7 Å². The standard InChI is InChI=1S/C11H17BrN2O2S2.ClH/c1-8-5-9(12)10(17-8)18(15,16)14-4-3-11(2,6-13)7-14;/h5H,3-4,6-7,13H2,1-2H3;1H. The molecule has 1 aliphatic rings. The van der Waals surface area contributed by atoms with Gasteiger partial charge in [-0.15, -0.1) is 23.7 Å². The van der Waals surface area contributed by atoms with Crippen molar-refractivity contribution in [3.8, 4) is 0 Å². The Labute approximate surface area is 133 Å². The van der Waals surface area contributed by atoms with Gasteiger partial charge in [-0.2, -0.15) is 4.31 Å². The van der Waals surface area contributed by atoms with E-state index in [-0.39, 0.29) is 17.8 Å². The Bertz CT molecular complexity index is 561. The number of halogens is 2. The Morgan fingerprint density at radius 2 is 2.21 bits per heavy atom. The molecule has 1 unspecified atom stereocenters. The summed E-state index contributed by atoms with van der Waals surface area (Å²) in [5, 5.41) is 0. The van der Waals surface area contributed by atoms with Crippen molar-refractivity contribution in [2.75, 3.05) is 19.6 Å². The van der Waals surface area contributed by atoms with E-state index in [4.69, 9.17) is 5.73 Å². The van der Waals surface area contributed by atoms with Gasteiger partial charge in [0.25, 0.3) is 10.0 Å². The van der Waals surface area contributed by atoms with Gasteiger partial charge >= 0.3 is 0 Å². The molecule has 0 aliphatic carbocycles. The zero-order valence-electron chi connectivity index (χ0n) is 10.8. The Kier molecular flexibility index (Phi) is 5.48. The number of nitrogens with two attached hydrogens (primary N) is 1. The molecular formula is C11H18BrClN2O2S2. The minimum Gasteiger partial charge on any atom is -0.330 e. The fraction of sp³-hybridized carbons (Fsp3) is 0.636. The summed E-state index contributed by atoms with van der Waals surface area (Å²) in [5.41, 5.74) is 5.63. The van der Waals surface area contributed by atoms with Crippen LogP contribution in [0.25, 0.3) is 0 Å². The van der Waals surface area contributed by atoms with Crippen molar-refractivity contribution in [3.05, 3.63) is 15.4 Å². The third-order valence-corrected chi connectivity index (χ3v) is 7.93. The number of aryl methyl sites for hydroxylation is 1. The van der Waals surface area contributed by atoms with Gasteiger partial charge in [0.2, 0.25) is 0 Å². The van der Waals surface area contributed by atoms with Crippen molar-refractivity contribution in [1.82, 2.24) is 4.31 Å². The zero-order chi connectivity index (χ0) is 13.6.